The Kier molecular flexibility index (Phi) is 4.90. The van der Waals surface area contributed by atoms with Crippen LogP contribution in [-0.2, 0) is 19.5 Å². The Morgan fingerprint density at radius 3 is 3.17 bits per heavy atom. The van der Waals surface area contributed by atoms with Gasteiger partial charge < -0.3 is 10.6 Å². The Labute approximate surface area is 142 Å². The number of aromatic nitrogens is 3. The quantitative estimate of drug-likeness (QED) is 0.629. The van der Waals surface area contributed by atoms with E-state index in [2.05, 4.69) is 41.6 Å². The lowest BCUT2D eigenvalue weighted by Gasteiger charge is -2.25. The highest BCUT2D eigenvalue weighted by Crippen LogP contribution is 2.16. The number of rotatable bonds is 3. The van der Waals surface area contributed by atoms with Gasteiger partial charge in [-0.2, -0.15) is 5.10 Å². The second-order valence-electron chi connectivity index (χ2n) is 5.41. The predicted molar refractivity (Wildman–Crippen MR) is 89.6 cm³/mol. The van der Waals surface area contributed by atoms with Gasteiger partial charge in [0.25, 0.3) is 0 Å². The van der Waals surface area contributed by atoms with Crippen LogP contribution < -0.4 is 10.6 Å². The van der Waals surface area contributed by atoms with Crippen molar-refractivity contribution in [1.82, 2.24) is 25.4 Å². The highest BCUT2D eigenvalue weighted by atomic mass is 79.9. The van der Waals surface area contributed by atoms with E-state index in [1.165, 1.54) is 6.07 Å². The van der Waals surface area contributed by atoms with Crippen LogP contribution in [0.25, 0.3) is 0 Å². The van der Waals surface area contributed by atoms with Gasteiger partial charge in [-0.15, -0.1) is 0 Å². The van der Waals surface area contributed by atoms with Crippen LogP contribution in [0.2, 0.25) is 0 Å². The molecule has 2 N–H and O–H groups in total. The summed E-state index contributed by atoms with van der Waals surface area (Å²) in [7, 11) is 1.72. The lowest BCUT2D eigenvalue weighted by atomic mass is 10.1. The second-order valence-corrected chi connectivity index (χ2v) is 6.27. The van der Waals surface area contributed by atoms with Gasteiger partial charge in [0.05, 0.1) is 11.0 Å². The first-order chi connectivity index (χ1) is 11.2. The van der Waals surface area contributed by atoms with Crippen molar-refractivity contribution in [2.24, 2.45) is 4.99 Å². The first-order valence-corrected chi connectivity index (χ1v) is 8.23. The average Bonchev–Trinajstić information content (AvgIpc) is 3.02. The number of fused-ring (bicyclic) bond motifs is 1. The van der Waals surface area contributed by atoms with Crippen molar-refractivity contribution in [3.05, 3.63) is 46.2 Å². The minimum absolute atomic E-state index is 0.247. The fraction of sp³-hybridized carbons (Fsp3) is 0.400. The molecule has 0 saturated carbocycles. The summed E-state index contributed by atoms with van der Waals surface area (Å²) < 4.78 is 15.9. The monoisotopic (exact) mass is 380 g/mol. The fourth-order valence-electron chi connectivity index (χ4n) is 2.58. The number of halogens is 2. The van der Waals surface area contributed by atoms with E-state index < -0.39 is 0 Å². The first kappa shape index (κ1) is 15.9. The number of benzene rings is 1. The topological polar surface area (TPSA) is 67.1 Å². The van der Waals surface area contributed by atoms with Gasteiger partial charge in [0.1, 0.15) is 18.0 Å². The standard InChI is InChI=1S/C15H18BrFN6/c1-18-15(19-7-10-2-4-12(16)13(17)6-10)22-11-3-5-14-20-9-21-23(14)8-11/h2,4,6,9,11H,3,5,7-8H2,1H3,(H2,18,19,22). The van der Waals surface area contributed by atoms with Crippen LogP contribution in [0.3, 0.4) is 0 Å². The van der Waals surface area contributed by atoms with E-state index >= 15 is 0 Å². The third kappa shape index (κ3) is 3.87. The SMILES string of the molecule is CN=C(NCc1ccc(Br)c(F)c1)NC1CCc2ncnn2C1. The van der Waals surface area contributed by atoms with Crippen LogP contribution in [-0.4, -0.2) is 33.8 Å². The number of aryl methyl sites for hydroxylation is 1. The Morgan fingerprint density at radius 2 is 2.39 bits per heavy atom. The van der Waals surface area contributed by atoms with Crippen molar-refractivity contribution in [3.8, 4) is 0 Å². The molecule has 0 fully saturated rings. The van der Waals surface area contributed by atoms with Crippen LogP contribution in [0.4, 0.5) is 4.39 Å². The van der Waals surface area contributed by atoms with Crippen LogP contribution in [0.5, 0.6) is 0 Å². The minimum atomic E-state index is -0.266. The molecule has 1 atom stereocenters. The van der Waals surface area contributed by atoms with Gasteiger partial charge in [-0.05, 0) is 40.0 Å². The zero-order chi connectivity index (χ0) is 16.2. The van der Waals surface area contributed by atoms with Crippen LogP contribution in [0.1, 0.15) is 17.8 Å². The van der Waals surface area contributed by atoms with Gasteiger partial charge in [0.15, 0.2) is 5.96 Å². The smallest absolute Gasteiger partial charge is 0.191 e. The lowest BCUT2D eigenvalue weighted by Crippen LogP contribution is -2.46. The van der Waals surface area contributed by atoms with E-state index in [1.54, 1.807) is 19.4 Å². The Hall–Kier alpha value is -1.96. The molecule has 1 aromatic carbocycles. The molecule has 1 aliphatic heterocycles. The van der Waals surface area contributed by atoms with Crippen molar-refractivity contribution in [3.63, 3.8) is 0 Å². The fourth-order valence-corrected chi connectivity index (χ4v) is 2.83. The molecule has 0 aliphatic carbocycles. The second kappa shape index (κ2) is 7.08. The minimum Gasteiger partial charge on any atom is -0.352 e. The normalized spacial score (nSPS) is 17.7. The Balaban J connectivity index is 1.55. The maximum atomic E-state index is 13.5. The predicted octanol–water partition coefficient (Wildman–Crippen LogP) is 1.86. The summed E-state index contributed by atoms with van der Waals surface area (Å²) in [6.45, 7) is 1.27. The molecular weight excluding hydrogens is 363 g/mol. The third-order valence-corrected chi connectivity index (χ3v) is 4.46. The largest absolute Gasteiger partial charge is 0.352 e. The lowest BCUT2D eigenvalue weighted by molar-refractivity contribution is 0.392. The summed E-state index contributed by atoms with van der Waals surface area (Å²) in [6, 6.07) is 5.33. The number of aliphatic imine (C=N–C) groups is 1. The van der Waals surface area contributed by atoms with Crippen LogP contribution in [0, 0.1) is 5.82 Å². The van der Waals surface area contributed by atoms with Gasteiger partial charge in [-0.1, -0.05) is 6.07 Å². The maximum Gasteiger partial charge on any atom is 0.191 e. The molecule has 0 radical (unpaired) electrons. The molecular formula is C15H18BrFN6. The van der Waals surface area contributed by atoms with Gasteiger partial charge in [0, 0.05) is 26.1 Å². The highest BCUT2D eigenvalue weighted by Gasteiger charge is 2.20. The van der Waals surface area contributed by atoms with Crippen molar-refractivity contribution in [2.75, 3.05) is 7.05 Å². The van der Waals surface area contributed by atoms with E-state index in [0.29, 0.717) is 17.0 Å². The summed E-state index contributed by atoms with van der Waals surface area (Å²) in [4.78, 5) is 8.45. The number of nitrogens with one attached hydrogen (secondary N) is 2. The molecule has 0 saturated heterocycles. The molecule has 3 rings (SSSR count). The summed E-state index contributed by atoms with van der Waals surface area (Å²) in [5.41, 5.74) is 0.857. The molecule has 1 aromatic heterocycles. The van der Waals surface area contributed by atoms with Crippen LogP contribution in [0.15, 0.2) is 34.0 Å². The van der Waals surface area contributed by atoms with E-state index in [0.717, 1.165) is 30.8 Å². The summed E-state index contributed by atoms with van der Waals surface area (Å²) in [6.07, 6.45) is 3.46. The molecule has 8 heteroatoms. The zero-order valence-corrected chi connectivity index (χ0v) is 14.3. The van der Waals surface area contributed by atoms with E-state index in [-0.39, 0.29) is 11.9 Å². The molecule has 0 spiro atoms. The zero-order valence-electron chi connectivity index (χ0n) is 12.8. The Morgan fingerprint density at radius 1 is 1.52 bits per heavy atom. The summed E-state index contributed by atoms with van der Waals surface area (Å²) in [5.74, 6) is 1.46. The van der Waals surface area contributed by atoms with Gasteiger partial charge in [0.2, 0.25) is 0 Å². The van der Waals surface area contributed by atoms with Gasteiger partial charge in [-0.25, -0.2) is 14.1 Å². The van der Waals surface area contributed by atoms with E-state index in [4.69, 9.17) is 0 Å². The van der Waals surface area contributed by atoms with E-state index in [9.17, 15) is 4.39 Å². The van der Waals surface area contributed by atoms with Gasteiger partial charge in [-0.3, -0.25) is 4.99 Å². The molecule has 2 heterocycles. The molecule has 1 aliphatic rings. The molecule has 2 aromatic rings. The van der Waals surface area contributed by atoms with Crippen molar-refractivity contribution in [2.45, 2.75) is 32.0 Å². The Bertz CT molecular complexity index is 714. The van der Waals surface area contributed by atoms with Crippen molar-refractivity contribution >= 4 is 21.9 Å². The number of hydrogen-bond donors (Lipinski definition) is 2. The molecule has 122 valence electrons. The van der Waals surface area contributed by atoms with Crippen molar-refractivity contribution in [1.29, 1.82) is 0 Å². The number of hydrogen-bond acceptors (Lipinski definition) is 3. The maximum absolute atomic E-state index is 13.5. The van der Waals surface area contributed by atoms with Gasteiger partial charge >= 0.3 is 0 Å². The average molecular weight is 381 g/mol. The highest BCUT2D eigenvalue weighted by molar-refractivity contribution is 9.10. The first-order valence-electron chi connectivity index (χ1n) is 7.43. The summed E-state index contributed by atoms with van der Waals surface area (Å²) >= 11 is 3.15. The number of nitrogens with zero attached hydrogens (tertiary/aromatic N) is 4. The van der Waals surface area contributed by atoms with Crippen LogP contribution >= 0.6 is 15.9 Å². The molecule has 0 bridgehead atoms. The summed E-state index contributed by atoms with van der Waals surface area (Å²) in [5, 5.41) is 10.8. The third-order valence-electron chi connectivity index (χ3n) is 3.81. The van der Waals surface area contributed by atoms with E-state index in [1.807, 2.05) is 10.7 Å². The number of guanidine groups is 1. The molecule has 6 nitrogen and oxygen atoms in total. The molecule has 23 heavy (non-hydrogen) atoms. The molecule has 1 unspecified atom stereocenters. The van der Waals surface area contributed by atoms with Crippen molar-refractivity contribution < 1.29 is 4.39 Å². The molecule has 0 amide bonds.